The van der Waals surface area contributed by atoms with Crippen molar-refractivity contribution >= 4 is 0 Å². The summed E-state index contributed by atoms with van der Waals surface area (Å²) in [7, 11) is 1.22. The second-order valence-electron chi connectivity index (χ2n) is 2.06. The molecule has 2 nitrogen and oxygen atoms in total. The number of alkyl halides is 2. The summed E-state index contributed by atoms with van der Waals surface area (Å²) < 4.78 is 41.0. The molecule has 5 heteroatoms. The first-order valence-electron chi connectivity index (χ1n) is 3.12. The number of rotatable bonds is 2. The summed E-state index contributed by atoms with van der Waals surface area (Å²) in [6, 6.07) is 0.705. The van der Waals surface area contributed by atoms with Gasteiger partial charge >= 0.3 is 0 Å². The largest absolute Gasteiger partial charge is 0.479 e. The molecular formula is C7H6F3NO. The zero-order chi connectivity index (χ0) is 9.14. The molecule has 12 heavy (non-hydrogen) atoms. The van der Waals surface area contributed by atoms with Crippen LogP contribution in [0.2, 0.25) is 0 Å². The van der Waals surface area contributed by atoms with E-state index in [4.69, 9.17) is 0 Å². The molecule has 0 atom stereocenters. The Morgan fingerprint density at radius 3 is 2.58 bits per heavy atom. The van der Waals surface area contributed by atoms with E-state index >= 15 is 0 Å². The normalized spacial score (nSPS) is 10.4. The SMILES string of the molecule is COc1ncc(C(F)F)cc1F. The van der Waals surface area contributed by atoms with Gasteiger partial charge in [-0.05, 0) is 6.07 Å². The number of aromatic nitrogens is 1. The molecule has 0 amide bonds. The fourth-order valence-corrected chi connectivity index (χ4v) is 0.710. The van der Waals surface area contributed by atoms with Gasteiger partial charge in [-0.3, -0.25) is 0 Å². The summed E-state index contributed by atoms with van der Waals surface area (Å²) in [4.78, 5) is 3.34. The molecule has 66 valence electrons. The maximum atomic E-state index is 12.7. The number of hydrogen-bond acceptors (Lipinski definition) is 2. The molecule has 0 N–H and O–H groups in total. The number of ether oxygens (including phenoxy) is 1. The molecule has 0 radical (unpaired) electrons. The summed E-state index contributed by atoms with van der Waals surface area (Å²) in [6.07, 6.45) is -1.83. The third-order valence-corrected chi connectivity index (χ3v) is 1.27. The van der Waals surface area contributed by atoms with Gasteiger partial charge in [0.15, 0.2) is 5.82 Å². The van der Waals surface area contributed by atoms with Gasteiger partial charge in [0.25, 0.3) is 6.43 Å². The van der Waals surface area contributed by atoms with E-state index in [1.54, 1.807) is 0 Å². The van der Waals surface area contributed by atoms with Crippen molar-refractivity contribution in [3.05, 3.63) is 23.6 Å². The molecular weight excluding hydrogens is 171 g/mol. The number of nitrogens with zero attached hydrogens (tertiary/aromatic N) is 1. The summed E-state index contributed by atoms with van der Waals surface area (Å²) in [5, 5.41) is 0. The summed E-state index contributed by atoms with van der Waals surface area (Å²) in [6.45, 7) is 0. The van der Waals surface area contributed by atoms with Gasteiger partial charge in [-0.25, -0.2) is 18.2 Å². The quantitative estimate of drug-likeness (QED) is 0.690. The van der Waals surface area contributed by atoms with Gasteiger partial charge in [0.2, 0.25) is 5.88 Å². The first kappa shape index (κ1) is 8.83. The molecule has 1 heterocycles. The maximum Gasteiger partial charge on any atom is 0.265 e. The predicted molar refractivity (Wildman–Crippen MR) is 35.7 cm³/mol. The summed E-state index contributed by atoms with van der Waals surface area (Å²) in [5.74, 6) is -1.16. The lowest BCUT2D eigenvalue weighted by atomic mass is 10.3. The van der Waals surface area contributed by atoms with Crippen LogP contribution in [0.4, 0.5) is 13.2 Å². The van der Waals surface area contributed by atoms with E-state index in [0.717, 1.165) is 6.20 Å². The second kappa shape index (κ2) is 3.42. The van der Waals surface area contributed by atoms with Crippen molar-refractivity contribution in [2.75, 3.05) is 7.11 Å². The zero-order valence-corrected chi connectivity index (χ0v) is 6.22. The van der Waals surface area contributed by atoms with E-state index in [2.05, 4.69) is 9.72 Å². The lowest BCUT2D eigenvalue weighted by molar-refractivity contribution is 0.150. The van der Waals surface area contributed by atoms with Crippen molar-refractivity contribution in [2.45, 2.75) is 6.43 Å². The van der Waals surface area contributed by atoms with Crippen LogP contribution in [0.5, 0.6) is 5.88 Å². The highest BCUT2D eigenvalue weighted by molar-refractivity contribution is 5.20. The molecule has 1 aromatic rings. The smallest absolute Gasteiger partial charge is 0.265 e. The third kappa shape index (κ3) is 1.66. The van der Waals surface area contributed by atoms with Crippen molar-refractivity contribution in [1.29, 1.82) is 0 Å². The fourth-order valence-electron chi connectivity index (χ4n) is 0.710. The van der Waals surface area contributed by atoms with Crippen molar-refractivity contribution in [2.24, 2.45) is 0 Å². The van der Waals surface area contributed by atoms with Crippen LogP contribution < -0.4 is 4.74 Å². The minimum Gasteiger partial charge on any atom is -0.479 e. The second-order valence-corrected chi connectivity index (χ2v) is 2.06. The molecule has 0 aliphatic rings. The first-order chi connectivity index (χ1) is 5.65. The van der Waals surface area contributed by atoms with Crippen LogP contribution in [-0.2, 0) is 0 Å². The van der Waals surface area contributed by atoms with Gasteiger partial charge in [-0.15, -0.1) is 0 Å². The highest BCUT2D eigenvalue weighted by Gasteiger charge is 2.11. The topological polar surface area (TPSA) is 22.1 Å². The highest BCUT2D eigenvalue weighted by Crippen LogP contribution is 2.21. The average molecular weight is 177 g/mol. The number of pyridine rings is 1. The minimum absolute atomic E-state index is 0.278. The predicted octanol–water partition coefficient (Wildman–Crippen LogP) is 2.17. The van der Waals surface area contributed by atoms with Crippen molar-refractivity contribution in [1.82, 2.24) is 4.98 Å². The Labute approximate surface area is 67.0 Å². The number of hydrogen-bond donors (Lipinski definition) is 0. The molecule has 0 aromatic carbocycles. The van der Waals surface area contributed by atoms with Gasteiger partial charge < -0.3 is 4.74 Å². The van der Waals surface area contributed by atoms with Gasteiger partial charge in [0.1, 0.15) is 0 Å². The lowest BCUT2D eigenvalue weighted by Crippen LogP contribution is -1.94. The van der Waals surface area contributed by atoms with Gasteiger partial charge in [0.05, 0.1) is 7.11 Å². The standard InChI is InChI=1S/C7H6F3NO/c1-12-7-5(8)2-4(3-11-7)6(9)10/h2-3,6H,1H3. The summed E-state index contributed by atoms with van der Waals surface area (Å²) in [5.41, 5.74) is -0.451. The lowest BCUT2D eigenvalue weighted by Gasteiger charge is -2.02. The Bertz CT molecular complexity index is 277. The van der Waals surface area contributed by atoms with Crippen molar-refractivity contribution in [3.63, 3.8) is 0 Å². The molecule has 1 aromatic heterocycles. The minimum atomic E-state index is -2.71. The van der Waals surface area contributed by atoms with Crippen molar-refractivity contribution in [3.8, 4) is 5.88 Å². The molecule has 0 spiro atoms. The summed E-state index contributed by atoms with van der Waals surface area (Å²) >= 11 is 0. The van der Waals surface area contributed by atoms with Crippen LogP contribution in [0.25, 0.3) is 0 Å². The van der Waals surface area contributed by atoms with Gasteiger partial charge in [-0.1, -0.05) is 0 Å². The Morgan fingerprint density at radius 2 is 2.17 bits per heavy atom. The van der Waals surface area contributed by atoms with Crippen LogP contribution in [0, 0.1) is 5.82 Å². The molecule has 1 rings (SSSR count). The molecule has 0 bridgehead atoms. The third-order valence-electron chi connectivity index (χ3n) is 1.27. The molecule has 0 fully saturated rings. The van der Waals surface area contributed by atoms with E-state index in [-0.39, 0.29) is 5.88 Å². The number of halogens is 3. The van der Waals surface area contributed by atoms with Crippen LogP contribution >= 0.6 is 0 Å². The Morgan fingerprint density at radius 1 is 1.50 bits per heavy atom. The molecule has 0 aliphatic carbocycles. The molecule has 0 aliphatic heterocycles. The fraction of sp³-hybridized carbons (Fsp3) is 0.286. The number of methoxy groups -OCH3 is 1. The Hall–Kier alpha value is -1.26. The Kier molecular flexibility index (Phi) is 2.52. The molecule has 0 saturated carbocycles. The van der Waals surface area contributed by atoms with E-state index < -0.39 is 17.8 Å². The van der Waals surface area contributed by atoms with E-state index in [1.165, 1.54) is 7.11 Å². The molecule has 0 saturated heterocycles. The van der Waals surface area contributed by atoms with E-state index in [0.29, 0.717) is 6.07 Å². The molecule has 0 unspecified atom stereocenters. The van der Waals surface area contributed by atoms with Crippen molar-refractivity contribution < 1.29 is 17.9 Å². The van der Waals surface area contributed by atoms with Gasteiger partial charge in [0, 0.05) is 11.8 Å². The van der Waals surface area contributed by atoms with Crippen LogP contribution in [0.1, 0.15) is 12.0 Å². The monoisotopic (exact) mass is 177 g/mol. The van der Waals surface area contributed by atoms with Crippen LogP contribution in [-0.4, -0.2) is 12.1 Å². The van der Waals surface area contributed by atoms with Crippen LogP contribution in [0.3, 0.4) is 0 Å². The maximum absolute atomic E-state index is 12.7. The zero-order valence-electron chi connectivity index (χ0n) is 6.22. The van der Waals surface area contributed by atoms with Gasteiger partial charge in [-0.2, -0.15) is 0 Å². The Balaban J connectivity index is 3.02. The first-order valence-corrected chi connectivity index (χ1v) is 3.12. The van der Waals surface area contributed by atoms with E-state index in [9.17, 15) is 13.2 Å². The highest BCUT2D eigenvalue weighted by atomic mass is 19.3. The van der Waals surface area contributed by atoms with E-state index in [1.807, 2.05) is 0 Å². The average Bonchev–Trinajstić information content (AvgIpc) is 2.04. The van der Waals surface area contributed by atoms with Crippen LogP contribution in [0.15, 0.2) is 12.3 Å².